The van der Waals surface area contributed by atoms with E-state index >= 15 is 0 Å². The summed E-state index contributed by atoms with van der Waals surface area (Å²) >= 11 is 0. The molecule has 0 saturated carbocycles. The predicted octanol–water partition coefficient (Wildman–Crippen LogP) is 3.99. The summed E-state index contributed by atoms with van der Waals surface area (Å²) < 4.78 is 18.5. The van der Waals surface area contributed by atoms with E-state index in [4.69, 9.17) is 4.74 Å². The number of hydrogen-bond donors (Lipinski definition) is 1. The monoisotopic (exact) mass is 273 g/mol. The normalized spacial score (nSPS) is 12.2. The van der Waals surface area contributed by atoms with Crippen molar-refractivity contribution in [2.75, 3.05) is 7.11 Å². The van der Waals surface area contributed by atoms with Crippen LogP contribution in [0.15, 0.2) is 42.5 Å². The van der Waals surface area contributed by atoms with Gasteiger partial charge in [0.25, 0.3) is 0 Å². The molecule has 0 aliphatic heterocycles. The smallest absolute Gasteiger partial charge is 0.123 e. The molecular formula is C17H20FNO. The molecule has 0 radical (unpaired) electrons. The molecule has 2 aromatic rings. The molecule has 0 aromatic heterocycles. The molecule has 3 heteroatoms. The minimum Gasteiger partial charge on any atom is -0.496 e. The van der Waals surface area contributed by atoms with Gasteiger partial charge in [0.05, 0.1) is 7.11 Å². The van der Waals surface area contributed by atoms with Crippen LogP contribution in [-0.2, 0) is 6.54 Å². The van der Waals surface area contributed by atoms with Crippen molar-refractivity contribution in [2.24, 2.45) is 0 Å². The first-order valence-corrected chi connectivity index (χ1v) is 6.72. The highest BCUT2D eigenvalue weighted by molar-refractivity contribution is 5.38. The van der Waals surface area contributed by atoms with E-state index in [1.54, 1.807) is 19.2 Å². The van der Waals surface area contributed by atoms with E-state index in [9.17, 15) is 4.39 Å². The number of hydrogen-bond acceptors (Lipinski definition) is 2. The van der Waals surface area contributed by atoms with Gasteiger partial charge in [-0.15, -0.1) is 0 Å². The molecule has 0 amide bonds. The van der Waals surface area contributed by atoms with E-state index in [2.05, 4.69) is 25.2 Å². The summed E-state index contributed by atoms with van der Waals surface area (Å²) in [5, 5.41) is 3.40. The summed E-state index contributed by atoms with van der Waals surface area (Å²) in [5.74, 6) is 0.667. The molecule has 2 nitrogen and oxygen atoms in total. The van der Waals surface area contributed by atoms with Crippen LogP contribution in [0.25, 0.3) is 0 Å². The van der Waals surface area contributed by atoms with Crippen LogP contribution in [0.4, 0.5) is 4.39 Å². The number of halogens is 1. The molecule has 0 fully saturated rings. The Morgan fingerprint density at radius 3 is 2.70 bits per heavy atom. The van der Waals surface area contributed by atoms with Crippen LogP contribution >= 0.6 is 0 Å². The van der Waals surface area contributed by atoms with Crippen LogP contribution in [0.3, 0.4) is 0 Å². The Balaban J connectivity index is 2.08. The van der Waals surface area contributed by atoms with Crippen LogP contribution in [0, 0.1) is 12.7 Å². The minimum atomic E-state index is -0.204. The number of aryl methyl sites for hydroxylation is 1. The van der Waals surface area contributed by atoms with E-state index in [-0.39, 0.29) is 11.9 Å². The molecule has 2 rings (SSSR count). The van der Waals surface area contributed by atoms with Crippen molar-refractivity contribution in [3.63, 3.8) is 0 Å². The Morgan fingerprint density at radius 2 is 2.00 bits per heavy atom. The van der Waals surface area contributed by atoms with Crippen LogP contribution < -0.4 is 10.1 Å². The fourth-order valence-electron chi connectivity index (χ4n) is 2.22. The zero-order chi connectivity index (χ0) is 14.5. The molecule has 1 N–H and O–H groups in total. The van der Waals surface area contributed by atoms with Crippen molar-refractivity contribution < 1.29 is 9.13 Å². The van der Waals surface area contributed by atoms with Gasteiger partial charge in [0.2, 0.25) is 0 Å². The average Bonchev–Trinajstić information content (AvgIpc) is 2.45. The molecule has 2 aromatic carbocycles. The highest BCUT2D eigenvalue weighted by Gasteiger charge is 2.11. The second-order valence-corrected chi connectivity index (χ2v) is 4.98. The summed E-state index contributed by atoms with van der Waals surface area (Å²) in [4.78, 5) is 0. The number of ether oxygens (including phenoxy) is 1. The van der Waals surface area contributed by atoms with E-state index in [0.29, 0.717) is 6.54 Å². The van der Waals surface area contributed by atoms with Gasteiger partial charge in [-0.25, -0.2) is 4.39 Å². The summed E-state index contributed by atoms with van der Waals surface area (Å²) in [5.41, 5.74) is 3.24. The molecular weight excluding hydrogens is 253 g/mol. The molecule has 0 aliphatic rings. The Bertz CT molecular complexity index is 583. The number of rotatable bonds is 5. The highest BCUT2D eigenvalue weighted by atomic mass is 19.1. The summed E-state index contributed by atoms with van der Waals surface area (Å²) in [6.45, 7) is 4.76. The number of nitrogens with one attached hydrogen (secondary N) is 1. The molecule has 0 saturated heterocycles. The second kappa shape index (κ2) is 6.53. The molecule has 0 spiro atoms. The average molecular weight is 273 g/mol. The standard InChI is InChI=1S/C17H20FNO/c1-12-7-8-17(20-3)16(9-12)13(2)19-11-14-5-4-6-15(18)10-14/h4-10,13,19H,11H2,1-3H3. The van der Waals surface area contributed by atoms with E-state index in [1.807, 2.05) is 18.2 Å². The third-order valence-corrected chi connectivity index (χ3v) is 3.35. The van der Waals surface area contributed by atoms with Crippen LogP contribution in [0.5, 0.6) is 5.75 Å². The van der Waals surface area contributed by atoms with Crippen molar-refractivity contribution in [1.82, 2.24) is 5.32 Å². The van der Waals surface area contributed by atoms with Gasteiger partial charge in [0, 0.05) is 18.2 Å². The number of benzene rings is 2. The van der Waals surface area contributed by atoms with Crippen LogP contribution in [0.1, 0.15) is 29.7 Å². The topological polar surface area (TPSA) is 21.3 Å². The quantitative estimate of drug-likeness (QED) is 0.889. The molecule has 0 aliphatic carbocycles. The van der Waals surface area contributed by atoms with E-state index in [1.165, 1.54) is 11.6 Å². The van der Waals surface area contributed by atoms with Crippen molar-refractivity contribution in [1.29, 1.82) is 0 Å². The molecule has 106 valence electrons. The molecule has 0 bridgehead atoms. The molecule has 20 heavy (non-hydrogen) atoms. The predicted molar refractivity (Wildman–Crippen MR) is 79.4 cm³/mol. The summed E-state index contributed by atoms with van der Waals surface area (Å²) in [6.07, 6.45) is 0. The van der Waals surface area contributed by atoms with Crippen LogP contribution in [-0.4, -0.2) is 7.11 Å². The first-order valence-electron chi connectivity index (χ1n) is 6.72. The van der Waals surface area contributed by atoms with Gasteiger partial charge in [0.15, 0.2) is 0 Å². The lowest BCUT2D eigenvalue weighted by Crippen LogP contribution is -2.19. The SMILES string of the molecule is COc1ccc(C)cc1C(C)NCc1cccc(F)c1. The van der Waals surface area contributed by atoms with Crippen molar-refractivity contribution >= 4 is 0 Å². The van der Waals surface area contributed by atoms with Crippen molar-refractivity contribution in [3.8, 4) is 5.75 Å². The van der Waals surface area contributed by atoms with Gasteiger partial charge in [-0.2, -0.15) is 0 Å². The van der Waals surface area contributed by atoms with Gasteiger partial charge in [-0.1, -0.05) is 29.8 Å². The first kappa shape index (κ1) is 14.5. The maximum atomic E-state index is 13.1. The van der Waals surface area contributed by atoms with Gasteiger partial charge in [-0.3, -0.25) is 0 Å². The van der Waals surface area contributed by atoms with Crippen molar-refractivity contribution in [3.05, 3.63) is 65.0 Å². The lowest BCUT2D eigenvalue weighted by atomic mass is 10.0. The summed E-state index contributed by atoms with van der Waals surface area (Å²) in [7, 11) is 1.67. The zero-order valence-corrected chi connectivity index (χ0v) is 12.1. The fourth-order valence-corrected chi connectivity index (χ4v) is 2.22. The second-order valence-electron chi connectivity index (χ2n) is 4.98. The van der Waals surface area contributed by atoms with Crippen molar-refractivity contribution in [2.45, 2.75) is 26.4 Å². The first-order chi connectivity index (χ1) is 9.60. The van der Waals surface area contributed by atoms with Gasteiger partial charge in [-0.05, 0) is 37.6 Å². The Kier molecular flexibility index (Phi) is 4.74. The van der Waals surface area contributed by atoms with Gasteiger partial charge in [0.1, 0.15) is 11.6 Å². The number of methoxy groups -OCH3 is 1. The molecule has 0 heterocycles. The maximum Gasteiger partial charge on any atom is 0.123 e. The maximum absolute atomic E-state index is 13.1. The minimum absolute atomic E-state index is 0.133. The zero-order valence-electron chi connectivity index (χ0n) is 12.1. The molecule has 1 atom stereocenters. The highest BCUT2D eigenvalue weighted by Crippen LogP contribution is 2.26. The lowest BCUT2D eigenvalue weighted by molar-refractivity contribution is 0.401. The Labute approximate surface area is 119 Å². The van der Waals surface area contributed by atoms with Gasteiger partial charge >= 0.3 is 0 Å². The van der Waals surface area contributed by atoms with E-state index < -0.39 is 0 Å². The van der Waals surface area contributed by atoms with Crippen LogP contribution in [0.2, 0.25) is 0 Å². The largest absolute Gasteiger partial charge is 0.496 e. The summed E-state index contributed by atoms with van der Waals surface area (Å²) in [6, 6.07) is 12.9. The Morgan fingerprint density at radius 1 is 1.20 bits per heavy atom. The third kappa shape index (κ3) is 3.58. The lowest BCUT2D eigenvalue weighted by Gasteiger charge is -2.18. The fraction of sp³-hybridized carbons (Fsp3) is 0.294. The van der Waals surface area contributed by atoms with E-state index in [0.717, 1.165) is 16.9 Å². The third-order valence-electron chi connectivity index (χ3n) is 3.35. The Hall–Kier alpha value is -1.87. The van der Waals surface area contributed by atoms with Gasteiger partial charge < -0.3 is 10.1 Å². The molecule has 1 unspecified atom stereocenters.